The van der Waals surface area contributed by atoms with Gasteiger partial charge in [0, 0.05) is 6.04 Å². The molecule has 2 aromatic rings. The summed E-state index contributed by atoms with van der Waals surface area (Å²) in [6.45, 7) is 8.62. The van der Waals surface area contributed by atoms with Gasteiger partial charge in [0.05, 0.1) is 6.54 Å². The zero-order valence-corrected chi connectivity index (χ0v) is 16.7. The number of hydrogen-bond acceptors (Lipinski definition) is 5. The third kappa shape index (κ3) is 5.44. The topological polar surface area (TPSA) is 75.6 Å². The number of nitrogens with one attached hydrogen (secondary N) is 1. The number of aliphatic hydroxyl groups is 1. The van der Waals surface area contributed by atoms with Crippen LogP contribution in [0.3, 0.4) is 0 Å². The molecule has 0 amide bonds. The first kappa shape index (κ1) is 21.2. The second-order valence-corrected chi connectivity index (χ2v) is 6.80. The van der Waals surface area contributed by atoms with Gasteiger partial charge in [-0.1, -0.05) is 27.7 Å². The summed E-state index contributed by atoms with van der Waals surface area (Å²) in [7, 11) is 0. The molecule has 2 heterocycles. The molecule has 0 saturated carbocycles. The van der Waals surface area contributed by atoms with Crippen LogP contribution in [-0.2, 0) is 6.54 Å². The molecule has 0 bridgehead atoms. The van der Waals surface area contributed by atoms with E-state index in [1.54, 1.807) is 38.1 Å². The smallest absolute Gasteiger partial charge is 0.229 e. The number of ketones is 1. The first-order valence-electron chi connectivity index (χ1n) is 9.82. The molecule has 0 saturated heterocycles. The standard InChI is InChI=1S/C22H31NO4/c1-5-16(6-2)23-15-19-12-11-17(26-19)9-10-18-13-14-20(27-18)21(24)22(25,7-3)8-4/h9-14,16,23,25H,5-8,15H2,1-4H3/b10-9-. The Morgan fingerprint density at radius 2 is 1.63 bits per heavy atom. The van der Waals surface area contributed by atoms with Crippen molar-refractivity contribution in [3.63, 3.8) is 0 Å². The van der Waals surface area contributed by atoms with Gasteiger partial charge in [-0.05, 0) is 62.1 Å². The van der Waals surface area contributed by atoms with Crippen molar-refractivity contribution in [2.75, 3.05) is 0 Å². The Bertz CT molecular complexity index is 748. The molecular formula is C22H31NO4. The molecule has 0 aromatic carbocycles. The molecule has 0 spiro atoms. The van der Waals surface area contributed by atoms with E-state index in [-0.39, 0.29) is 11.5 Å². The van der Waals surface area contributed by atoms with Crippen LogP contribution in [0.4, 0.5) is 0 Å². The predicted molar refractivity (Wildman–Crippen MR) is 107 cm³/mol. The van der Waals surface area contributed by atoms with E-state index in [1.807, 2.05) is 12.1 Å². The Morgan fingerprint density at radius 1 is 1.04 bits per heavy atom. The summed E-state index contributed by atoms with van der Waals surface area (Å²) in [5.74, 6) is 1.95. The molecule has 0 aliphatic heterocycles. The molecule has 5 heteroatoms. The van der Waals surface area contributed by atoms with Gasteiger partial charge in [-0.3, -0.25) is 4.79 Å². The van der Waals surface area contributed by atoms with Gasteiger partial charge < -0.3 is 19.3 Å². The maximum atomic E-state index is 12.4. The van der Waals surface area contributed by atoms with Crippen LogP contribution in [0.15, 0.2) is 33.1 Å². The van der Waals surface area contributed by atoms with E-state index in [0.717, 1.165) is 24.4 Å². The minimum absolute atomic E-state index is 0.176. The Balaban J connectivity index is 1.99. The third-order valence-electron chi connectivity index (χ3n) is 5.09. The number of rotatable bonds is 11. The van der Waals surface area contributed by atoms with Crippen LogP contribution in [0.25, 0.3) is 12.2 Å². The molecule has 2 rings (SSSR count). The summed E-state index contributed by atoms with van der Waals surface area (Å²) in [5, 5.41) is 13.8. The summed E-state index contributed by atoms with van der Waals surface area (Å²) in [6.07, 6.45) is 6.45. The highest BCUT2D eigenvalue weighted by Crippen LogP contribution is 2.23. The van der Waals surface area contributed by atoms with E-state index in [1.165, 1.54) is 0 Å². The molecule has 5 nitrogen and oxygen atoms in total. The van der Waals surface area contributed by atoms with Crippen LogP contribution < -0.4 is 5.32 Å². The lowest BCUT2D eigenvalue weighted by Gasteiger charge is -2.21. The minimum atomic E-state index is -1.36. The molecule has 0 aliphatic rings. The number of furan rings is 2. The number of Topliss-reactive ketones (excluding diaryl/α,β-unsaturated/α-hetero) is 1. The van der Waals surface area contributed by atoms with Crippen LogP contribution in [0.2, 0.25) is 0 Å². The molecule has 2 N–H and O–H groups in total. The number of hydrogen-bond donors (Lipinski definition) is 2. The second-order valence-electron chi connectivity index (χ2n) is 6.80. The van der Waals surface area contributed by atoms with Gasteiger partial charge in [-0.15, -0.1) is 0 Å². The Kier molecular flexibility index (Phi) is 7.63. The van der Waals surface area contributed by atoms with Crippen LogP contribution in [0, 0.1) is 0 Å². The molecular weight excluding hydrogens is 342 g/mol. The normalized spacial score (nSPS) is 12.4. The molecule has 27 heavy (non-hydrogen) atoms. The summed E-state index contributed by atoms with van der Waals surface area (Å²) in [5.41, 5.74) is -1.36. The second kappa shape index (κ2) is 9.72. The monoisotopic (exact) mass is 373 g/mol. The van der Waals surface area contributed by atoms with Crippen molar-refractivity contribution in [2.45, 2.75) is 71.6 Å². The maximum Gasteiger partial charge on any atom is 0.229 e. The van der Waals surface area contributed by atoms with Gasteiger partial charge in [0.15, 0.2) is 5.76 Å². The average molecular weight is 373 g/mol. The van der Waals surface area contributed by atoms with Crippen molar-refractivity contribution in [1.29, 1.82) is 0 Å². The fourth-order valence-electron chi connectivity index (χ4n) is 2.93. The zero-order chi connectivity index (χ0) is 19.9. The van der Waals surface area contributed by atoms with E-state index >= 15 is 0 Å². The molecule has 0 fully saturated rings. The van der Waals surface area contributed by atoms with Crippen LogP contribution >= 0.6 is 0 Å². The van der Waals surface area contributed by atoms with E-state index in [4.69, 9.17) is 8.83 Å². The average Bonchev–Trinajstić information content (AvgIpc) is 3.35. The van der Waals surface area contributed by atoms with E-state index in [0.29, 0.717) is 31.2 Å². The molecule has 0 atom stereocenters. The summed E-state index contributed by atoms with van der Waals surface area (Å²) < 4.78 is 11.4. The fourth-order valence-corrected chi connectivity index (χ4v) is 2.93. The lowest BCUT2D eigenvalue weighted by Crippen LogP contribution is -2.36. The Morgan fingerprint density at radius 3 is 2.22 bits per heavy atom. The van der Waals surface area contributed by atoms with Crippen LogP contribution in [0.5, 0.6) is 0 Å². The van der Waals surface area contributed by atoms with Crippen molar-refractivity contribution in [1.82, 2.24) is 5.32 Å². The Labute approximate surface area is 161 Å². The summed E-state index contributed by atoms with van der Waals surface area (Å²) in [4.78, 5) is 12.4. The van der Waals surface area contributed by atoms with Crippen molar-refractivity contribution in [2.24, 2.45) is 0 Å². The first-order valence-corrected chi connectivity index (χ1v) is 9.82. The van der Waals surface area contributed by atoms with Gasteiger partial charge in [0.25, 0.3) is 0 Å². The summed E-state index contributed by atoms with van der Waals surface area (Å²) in [6, 6.07) is 7.68. The molecule has 0 radical (unpaired) electrons. The van der Waals surface area contributed by atoms with E-state index in [2.05, 4.69) is 19.2 Å². The van der Waals surface area contributed by atoms with Gasteiger partial charge in [-0.25, -0.2) is 0 Å². The number of carbonyl (C=O) groups excluding carboxylic acids is 1. The zero-order valence-electron chi connectivity index (χ0n) is 16.7. The molecule has 0 aliphatic carbocycles. The fraction of sp³-hybridized carbons (Fsp3) is 0.500. The summed E-state index contributed by atoms with van der Waals surface area (Å²) >= 11 is 0. The van der Waals surface area contributed by atoms with Gasteiger partial charge in [-0.2, -0.15) is 0 Å². The van der Waals surface area contributed by atoms with Crippen molar-refractivity contribution < 1.29 is 18.7 Å². The van der Waals surface area contributed by atoms with Gasteiger partial charge >= 0.3 is 0 Å². The van der Waals surface area contributed by atoms with Crippen LogP contribution in [0.1, 0.15) is 81.2 Å². The molecule has 0 unspecified atom stereocenters. The number of carbonyl (C=O) groups is 1. The van der Waals surface area contributed by atoms with Crippen LogP contribution in [-0.4, -0.2) is 22.5 Å². The van der Waals surface area contributed by atoms with E-state index in [9.17, 15) is 9.90 Å². The SMILES string of the molecule is CCC(CC)NCc1ccc(/C=C\c2ccc(C(=O)C(O)(CC)CC)o2)o1. The Hall–Kier alpha value is -2.11. The lowest BCUT2D eigenvalue weighted by atomic mass is 9.91. The van der Waals surface area contributed by atoms with Gasteiger partial charge in [0.1, 0.15) is 22.9 Å². The largest absolute Gasteiger partial charge is 0.460 e. The van der Waals surface area contributed by atoms with Crippen molar-refractivity contribution in [3.05, 3.63) is 47.3 Å². The van der Waals surface area contributed by atoms with E-state index < -0.39 is 5.60 Å². The first-order chi connectivity index (χ1) is 13.0. The predicted octanol–water partition coefficient (Wildman–Crippen LogP) is 5.06. The van der Waals surface area contributed by atoms with Gasteiger partial charge in [0.2, 0.25) is 5.78 Å². The molecule has 2 aromatic heterocycles. The van der Waals surface area contributed by atoms with Crippen molar-refractivity contribution in [3.8, 4) is 0 Å². The highest BCUT2D eigenvalue weighted by Gasteiger charge is 2.34. The quantitative estimate of drug-likeness (QED) is 0.539. The van der Waals surface area contributed by atoms with Crippen molar-refractivity contribution >= 4 is 17.9 Å². The highest BCUT2D eigenvalue weighted by molar-refractivity contribution is 6.00. The third-order valence-corrected chi connectivity index (χ3v) is 5.09. The minimum Gasteiger partial charge on any atom is -0.460 e. The highest BCUT2D eigenvalue weighted by atomic mass is 16.4. The lowest BCUT2D eigenvalue weighted by molar-refractivity contribution is 0.0251. The molecule has 148 valence electrons. The maximum absolute atomic E-state index is 12.4.